The summed E-state index contributed by atoms with van der Waals surface area (Å²) < 4.78 is 0. The molecule has 0 unspecified atom stereocenters. The standard InChI is InChI=1S/C20H14N4.Zn/c1-2-14-10-16-5-6-18(23-16)12-20-8-7-19(24-20)11-17-4-3-15(22-17)9-13(1)21-14;/h1-12,21,24H;/q;+2. The Morgan fingerprint density at radius 1 is 0.480 bits per heavy atom. The van der Waals surface area contributed by atoms with Crippen LogP contribution in [0.3, 0.4) is 0 Å². The predicted octanol–water partition coefficient (Wildman–Crippen LogP) is 4.65. The number of hydrogen-bond donors (Lipinski definition) is 2. The van der Waals surface area contributed by atoms with Crippen LogP contribution in [-0.2, 0) is 19.5 Å². The first-order valence-corrected chi connectivity index (χ1v) is 7.85. The smallest absolute Gasteiger partial charge is 0.355 e. The van der Waals surface area contributed by atoms with Gasteiger partial charge in [0.1, 0.15) is 0 Å². The van der Waals surface area contributed by atoms with Crippen LogP contribution in [0.5, 0.6) is 0 Å². The first-order valence-electron chi connectivity index (χ1n) is 7.85. The molecular formula is C20H14N4Zn+2. The van der Waals surface area contributed by atoms with Gasteiger partial charge in [0.2, 0.25) is 0 Å². The molecule has 5 rings (SSSR count). The van der Waals surface area contributed by atoms with Crippen molar-refractivity contribution in [3.8, 4) is 0 Å². The van der Waals surface area contributed by atoms with Gasteiger partial charge < -0.3 is 9.97 Å². The van der Waals surface area contributed by atoms with Gasteiger partial charge in [-0.3, -0.25) is 0 Å². The number of aromatic nitrogens is 4. The van der Waals surface area contributed by atoms with Gasteiger partial charge in [0.05, 0.1) is 22.8 Å². The Morgan fingerprint density at radius 2 is 0.760 bits per heavy atom. The number of nitrogens with zero attached hydrogens (tertiary/aromatic N) is 2. The van der Waals surface area contributed by atoms with Crippen LogP contribution in [0.15, 0.2) is 48.5 Å². The molecule has 2 N–H and O–H groups in total. The number of rotatable bonds is 0. The zero-order chi connectivity index (χ0) is 15.9. The number of nitrogens with one attached hydrogen (secondary N) is 2. The molecule has 0 radical (unpaired) electrons. The molecule has 5 heterocycles. The molecule has 0 atom stereocenters. The summed E-state index contributed by atoms with van der Waals surface area (Å²) in [6.07, 6.45) is 8.09. The van der Waals surface area contributed by atoms with Crippen LogP contribution in [0.1, 0.15) is 22.8 Å². The third-order valence-corrected chi connectivity index (χ3v) is 4.04. The molecule has 0 aromatic carbocycles. The fourth-order valence-electron chi connectivity index (χ4n) is 2.94. The van der Waals surface area contributed by atoms with Crippen LogP contribution in [-0.4, -0.2) is 19.9 Å². The molecule has 0 saturated heterocycles. The van der Waals surface area contributed by atoms with E-state index < -0.39 is 0 Å². The molecule has 25 heavy (non-hydrogen) atoms. The average molecular weight is 376 g/mol. The molecular weight excluding hydrogens is 362 g/mol. The van der Waals surface area contributed by atoms with Crippen molar-refractivity contribution in [3.63, 3.8) is 0 Å². The van der Waals surface area contributed by atoms with E-state index in [1.807, 2.05) is 48.6 Å². The van der Waals surface area contributed by atoms with Crippen molar-refractivity contribution in [1.82, 2.24) is 19.9 Å². The monoisotopic (exact) mass is 374 g/mol. The average Bonchev–Trinajstić information content (AvgIpc) is 3.32. The molecule has 3 aromatic rings. The molecule has 5 heteroatoms. The molecule has 2 aliphatic heterocycles. The molecule has 0 aliphatic carbocycles. The van der Waals surface area contributed by atoms with Gasteiger partial charge in [-0.1, -0.05) is 0 Å². The second kappa shape index (κ2) is 6.26. The Morgan fingerprint density at radius 3 is 1.04 bits per heavy atom. The van der Waals surface area contributed by atoms with Gasteiger partial charge in [-0.2, -0.15) is 0 Å². The van der Waals surface area contributed by atoms with E-state index in [9.17, 15) is 0 Å². The van der Waals surface area contributed by atoms with E-state index in [1.54, 1.807) is 0 Å². The summed E-state index contributed by atoms with van der Waals surface area (Å²) >= 11 is 0. The molecule has 0 spiro atoms. The largest absolute Gasteiger partial charge is 2.00 e. The first kappa shape index (κ1) is 15.7. The molecule has 3 aromatic heterocycles. The number of hydrogen-bond acceptors (Lipinski definition) is 2. The maximum atomic E-state index is 4.63. The van der Waals surface area contributed by atoms with Gasteiger partial charge in [0.25, 0.3) is 0 Å². The minimum absolute atomic E-state index is 0. The normalized spacial score (nSPS) is 12.2. The second-order valence-electron chi connectivity index (χ2n) is 5.91. The van der Waals surface area contributed by atoms with Crippen molar-refractivity contribution >= 4 is 46.4 Å². The van der Waals surface area contributed by atoms with E-state index in [0.29, 0.717) is 0 Å². The summed E-state index contributed by atoms with van der Waals surface area (Å²) in [6, 6.07) is 16.4. The van der Waals surface area contributed by atoms with E-state index in [0.717, 1.165) is 44.8 Å². The van der Waals surface area contributed by atoms with Crippen molar-refractivity contribution in [2.75, 3.05) is 0 Å². The summed E-state index contributed by atoms with van der Waals surface area (Å²) in [6.45, 7) is 0. The zero-order valence-electron chi connectivity index (χ0n) is 13.5. The summed E-state index contributed by atoms with van der Waals surface area (Å²) in [5.74, 6) is 0. The Balaban J connectivity index is 0.00000157. The second-order valence-corrected chi connectivity index (χ2v) is 5.91. The van der Waals surface area contributed by atoms with Gasteiger partial charge in [-0.05, 0) is 72.8 Å². The van der Waals surface area contributed by atoms with Crippen molar-refractivity contribution in [2.24, 2.45) is 0 Å². The molecule has 4 nitrogen and oxygen atoms in total. The van der Waals surface area contributed by atoms with Crippen LogP contribution in [0.25, 0.3) is 46.4 Å². The van der Waals surface area contributed by atoms with E-state index in [-0.39, 0.29) is 19.5 Å². The Kier molecular flexibility index (Phi) is 3.94. The van der Waals surface area contributed by atoms with Crippen molar-refractivity contribution in [3.05, 3.63) is 71.3 Å². The topological polar surface area (TPSA) is 57.4 Å². The van der Waals surface area contributed by atoms with Crippen LogP contribution >= 0.6 is 0 Å². The van der Waals surface area contributed by atoms with Crippen LogP contribution in [0.4, 0.5) is 0 Å². The maximum absolute atomic E-state index is 4.63. The summed E-state index contributed by atoms with van der Waals surface area (Å²) in [5, 5.41) is 0. The third kappa shape index (κ3) is 3.24. The molecule has 8 bridgehead atoms. The van der Waals surface area contributed by atoms with Crippen molar-refractivity contribution in [2.45, 2.75) is 0 Å². The molecule has 0 saturated carbocycles. The van der Waals surface area contributed by atoms with Crippen molar-refractivity contribution in [1.29, 1.82) is 0 Å². The van der Waals surface area contributed by atoms with Gasteiger partial charge in [0, 0.05) is 22.1 Å². The predicted molar refractivity (Wildman–Crippen MR) is 98.9 cm³/mol. The fourth-order valence-corrected chi connectivity index (χ4v) is 2.94. The van der Waals surface area contributed by atoms with Gasteiger partial charge >= 0.3 is 19.5 Å². The Labute approximate surface area is 157 Å². The summed E-state index contributed by atoms with van der Waals surface area (Å²) in [5.41, 5.74) is 7.86. The van der Waals surface area contributed by atoms with Gasteiger partial charge in [-0.15, -0.1) is 0 Å². The van der Waals surface area contributed by atoms with Crippen LogP contribution in [0, 0.1) is 0 Å². The Bertz CT molecular complexity index is 990. The summed E-state index contributed by atoms with van der Waals surface area (Å²) in [7, 11) is 0. The van der Waals surface area contributed by atoms with E-state index in [2.05, 4.69) is 44.2 Å². The summed E-state index contributed by atoms with van der Waals surface area (Å²) in [4.78, 5) is 16.0. The number of H-pyrrole nitrogens is 2. The number of fused-ring (bicyclic) bond motifs is 8. The minimum Gasteiger partial charge on any atom is -0.355 e. The minimum atomic E-state index is 0. The number of aromatic amines is 2. The molecule has 0 fully saturated rings. The molecule has 0 amide bonds. The zero-order valence-corrected chi connectivity index (χ0v) is 16.5. The van der Waals surface area contributed by atoms with E-state index in [4.69, 9.17) is 0 Å². The van der Waals surface area contributed by atoms with E-state index >= 15 is 0 Å². The van der Waals surface area contributed by atoms with Crippen LogP contribution in [0.2, 0.25) is 0 Å². The van der Waals surface area contributed by atoms with Crippen molar-refractivity contribution < 1.29 is 19.5 Å². The van der Waals surface area contributed by atoms with Crippen LogP contribution < -0.4 is 0 Å². The third-order valence-electron chi connectivity index (χ3n) is 4.04. The van der Waals surface area contributed by atoms with Gasteiger partial charge in [-0.25, -0.2) is 9.97 Å². The molecule has 2 aliphatic rings. The van der Waals surface area contributed by atoms with E-state index in [1.165, 1.54) is 0 Å². The Hall–Kier alpha value is -2.78. The quantitative estimate of drug-likeness (QED) is 0.387. The maximum Gasteiger partial charge on any atom is 2.00 e. The molecule has 114 valence electrons. The first-order chi connectivity index (χ1) is 11.8. The SMILES string of the molecule is C1=Cc2cc3ccc(cc4nc(cc5ccc(cc1n2)[nH]5)C=C4)[nH]3.[Zn+2]. The van der Waals surface area contributed by atoms with Gasteiger partial charge in [0.15, 0.2) is 0 Å². The fraction of sp³-hybridized carbons (Fsp3) is 0.